The van der Waals surface area contributed by atoms with Crippen LogP contribution < -0.4 is 4.74 Å². The Labute approximate surface area is 90.9 Å². The Morgan fingerprint density at radius 3 is 2.29 bits per heavy atom. The number of rotatable bonds is 2. The van der Waals surface area contributed by atoms with E-state index in [9.17, 15) is 0 Å². The van der Waals surface area contributed by atoms with Crippen molar-refractivity contribution in [3.63, 3.8) is 0 Å². The van der Waals surface area contributed by atoms with Crippen LogP contribution in [0.4, 0.5) is 0 Å². The first-order valence-electron chi connectivity index (χ1n) is 5.24. The fraction of sp³-hybridized carbons (Fsp3) is 0.500. The van der Waals surface area contributed by atoms with Gasteiger partial charge in [0.25, 0.3) is 0 Å². The molecule has 0 saturated heterocycles. The molecule has 1 aromatic carbocycles. The molecule has 1 aliphatic rings. The van der Waals surface area contributed by atoms with E-state index in [2.05, 4.69) is 12.6 Å². The Bertz CT molecular complexity index is 265. The summed E-state index contributed by atoms with van der Waals surface area (Å²) in [6, 6.07) is 10.1. The van der Waals surface area contributed by atoms with E-state index in [4.69, 9.17) is 4.74 Å². The summed E-state index contributed by atoms with van der Waals surface area (Å²) in [7, 11) is 0. The zero-order valence-electron chi connectivity index (χ0n) is 8.23. The summed E-state index contributed by atoms with van der Waals surface area (Å²) >= 11 is 4.47. The molecular formula is C12H16OS. The van der Waals surface area contributed by atoms with Crippen LogP contribution in [0.3, 0.4) is 0 Å². The summed E-state index contributed by atoms with van der Waals surface area (Å²) in [5.41, 5.74) is 0. The average Bonchev–Trinajstić information content (AvgIpc) is 2.23. The van der Waals surface area contributed by atoms with E-state index in [0.717, 1.165) is 18.6 Å². The minimum Gasteiger partial charge on any atom is -0.490 e. The molecule has 1 aliphatic carbocycles. The average molecular weight is 208 g/mol. The highest BCUT2D eigenvalue weighted by Crippen LogP contribution is 2.26. The number of thiol groups is 1. The molecule has 1 saturated carbocycles. The Morgan fingerprint density at radius 2 is 1.64 bits per heavy atom. The van der Waals surface area contributed by atoms with Crippen LogP contribution in [0.25, 0.3) is 0 Å². The second kappa shape index (κ2) is 4.74. The van der Waals surface area contributed by atoms with Gasteiger partial charge >= 0.3 is 0 Å². The molecule has 0 atom stereocenters. The lowest BCUT2D eigenvalue weighted by Gasteiger charge is -2.26. The zero-order valence-corrected chi connectivity index (χ0v) is 9.12. The molecule has 1 fully saturated rings. The molecule has 0 N–H and O–H groups in total. The van der Waals surface area contributed by atoms with Crippen molar-refractivity contribution in [1.29, 1.82) is 0 Å². The van der Waals surface area contributed by atoms with Crippen molar-refractivity contribution >= 4 is 12.6 Å². The summed E-state index contributed by atoms with van der Waals surface area (Å²) < 4.78 is 5.87. The Balaban J connectivity index is 1.87. The minimum absolute atomic E-state index is 0.404. The van der Waals surface area contributed by atoms with Gasteiger partial charge < -0.3 is 4.74 Å². The fourth-order valence-electron chi connectivity index (χ4n) is 1.85. The summed E-state index contributed by atoms with van der Waals surface area (Å²) in [4.78, 5) is 0. The molecule has 2 rings (SSSR count). The first kappa shape index (κ1) is 9.91. The molecule has 0 aromatic heterocycles. The van der Waals surface area contributed by atoms with Crippen LogP contribution in [0, 0.1) is 0 Å². The third kappa shape index (κ3) is 2.68. The van der Waals surface area contributed by atoms with Crippen molar-refractivity contribution < 1.29 is 4.74 Å². The number of hydrogen-bond donors (Lipinski definition) is 1. The van der Waals surface area contributed by atoms with E-state index in [1.165, 1.54) is 12.8 Å². The summed E-state index contributed by atoms with van der Waals surface area (Å²) in [5, 5.41) is 0.589. The molecule has 0 amide bonds. The van der Waals surface area contributed by atoms with E-state index < -0.39 is 0 Å². The maximum absolute atomic E-state index is 5.87. The molecule has 76 valence electrons. The van der Waals surface area contributed by atoms with Gasteiger partial charge in [-0.25, -0.2) is 0 Å². The number of benzene rings is 1. The van der Waals surface area contributed by atoms with Crippen LogP contribution in [0.15, 0.2) is 30.3 Å². The molecule has 14 heavy (non-hydrogen) atoms. The lowest BCUT2D eigenvalue weighted by atomic mass is 9.97. The standard InChI is InChI=1S/C12H16OS/c14-12-8-6-11(7-9-12)13-10-4-2-1-3-5-10/h1-5,11-12,14H,6-9H2. The molecule has 0 unspecified atom stereocenters. The van der Waals surface area contributed by atoms with Crippen molar-refractivity contribution in [1.82, 2.24) is 0 Å². The quantitative estimate of drug-likeness (QED) is 0.734. The van der Waals surface area contributed by atoms with E-state index in [-0.39, 0.29) is 0 Å². The summed E-state index contributed by atoms with van der Waals surface area (Å²) in [6.45, 7) is 0. The smallest absolute Gasteiger partial charge is 0.119 e. The lowest BCUT2D eigenvalue weighted by molar-refractivity contribution is 0.157. The molecule has 0 radical (unpaired) electrons. The summed E-state index contributed by atoms with van der Waals surface area (Å²) in [5.74, 6) is 0.995. The fourth-order valence-corrected chi connectivity index (χ4v) is 2.15. The molecule has 0 aliphatic heterocycles. The first-order chi connectivity index (χ1) is 6.84. The normalized spacial score (nSPS) is 27.2. The maximum atomic E-state index is 5.87. The van der Waals surface area contributed by atoms with Gasteiger partial charge in [-0.15, -0.1) is 0 Å². The van der Waals surface area contributed by atoms with Crippen molar-refractivity contribution in [2.24, 2.45) is 0 Å². The molecule has 1 aromatic rings. The summed E-state index contributed by atoms with van der Waals surface area (Å²) in [6.07, 6.45) is 5.05. The van der Waals surface area contributed by atoms with Crippen molar-refractivity contribution in [3.8, 4) is 5.75 Å². The topological polar surface area (TPSA) is 9.23 Å². The maximum Gasteiger partial charge on any atom is 0.119 e. The Hall–Kier alpha value is -0.630. The number of hydrogen-bond acceptors (Lipinski definition) is 2. The van der Waals surface area contributed by atoms with Crippen LogP contribution in [-0.4, -0.2) is 11.4 Å². The largest absolute Gasteiger partial charge is 0.490 e. The second-order valence-corrected chi connectivity index (χ2v) is 4.59. The van der Waals surface area contributed by atoms with Gasteiger partial charge in [0.15, 0.2) is 0 Å². The van der Waals surface area contributed by atoms with Gasteiger partial charge in [-0.05, 0) is 37.8 Å². The van der Waals surface area contributed by atoms with Gasteiger partial charge in [-0.2, -0.15) is 12.6 Å². The molecule has 0 bridgehead atoms. The monoisotopic (exact) mass is 208 g/mol. The Morgan fingerprint density at radius 1 is 1.00 bits per heavy atom. The van der Waals surface area contributed by atoms with Gasteiger partial charge in [0.1, 0.15) is 5.75 Å². The molecule has 1 nitrogen and oxygen atoms in total. The predicted molar refractivity (Wildman–Crippen MR) is 62.1 cm³/mol. The van der Waals surface area contributed by atoms with Gasteiger partial charge in [-0.1, -0.05) is 18.2 Å². The van der Waals surface area contributed by atoms with Gasteiger partial charge in [0, 0.05) is 5.25 Å². The van der Waals surface area contributed by atoms with Crippen molar-refractivity contribution in [2.45, 2.75) is 37.0 Å². The molecule has 0 heterocycles. The molecular weight excluding hydrogens is 192 g/mol. The predicted octanol–water partition coefficient (Wildman–Crippen LogP) is 3.31. The third-order valence-electron chi connectivity index (χ3n) is 2.69. The molecule has 2 heteroatoms. The minimum atomic E-state index is 0.404. The number of ether oxygens (including phenoxy) is 1. The van der Waals surface area contributed by atoms with Gasteiger partial charge in [0.2, 0.25) is 0 Å². The van der Waals surface area contributed by atoms with Crippen LogP contribution in [-0.2, 0) is 0 Å². The Kier molecular flexibility index (Phi) is 3.35. The van der Waals surface area contributed by atoms with Gasteiger partial charge in [-0.3, -0.25) is 0 Å². The highest BCUT2D eigenvalue weighted by molar-refractivity contribution is 7.80. The second-order valence-electron chi connectivity index (χ2n) is 3.86. The van der Waals surface area contributed by atoms with Crippen molar-refractivity contribution in [3.05, 3.63) is 30.3 Å². The lowest BCUT2D eigenvalue weighted by Crippen LogP contribution is -2.24. The van der Waals surface area contributed by atoms with Crippen LogP contribution in [0.5, 0.6) is 5.75 Å². The third-order valence-corrected chi connectivity index (χ3v) is 3.21. The SMILES string of the molecule is SC1CCC(Oc2ccccc2)CC1. The van der Waals surface area contributed by atoms with E-state index in [1.807, 2.05) is 30.3 Å². The highest BCUT2D eigenvalue weighted by Gasteiger charge is 2.19. The molecule has 0 spiro atoms. The van der Waals surface area contributed by atoms with Crippen LogP contribution >= 0.6 is 12.6 Å². The van der Waals surface area contributed by atoms with Crippen LogP contribution in [0.2, 0.25) is 0 Å². The first-order valence-corrected chi connectivity index (χ1v) is 5.76. The zero-order chi connectivity index (χ0) is 9.80. The number of para-hydroxylation sites is 1. The van der Waals surface area contributed by atoms with E-state index >= 15 is 0 Å². The van der Waals surface area contributed by atoms with Crippen molar-refractivity contribution in [2.75, 3.05) is 0 Å². The van der Waals surface area contributed by atoms with Gasteiger partial charge in [0.05, 0.1) is 6.10 Å². The van der Waals surface area contributed by atoms with Crippen LogP contribution in [0.1, 0.15) is 25.7 Å². The van der Waals surface area contributed by atoms with E-state index in [1.54, 1.807) is 0 Å². The highest BCUT2D eigenvalue weighted by atomic mass is 32.1. The van der Waals surface area contributed by atoms with E-state index in [0.29, 0.717) is 11.4 Å².